The van der Waals surface area contributed by atoms with Crippen LogP contribution in [0.15, 0.2) is 24.3 Å². The molecule has 0 bridgehead atoms. The van der Waals surface area contributed by atoms with Crippen molar-refractivity contribution in [3.05, 3.63) is 29.8 Å². The molecule has 0 spiro atoms. The van der Waals surface area contributed by atoms with E-state index in [1.807, 2.05) is 46.8 Å². The lowest BCUT2D eigenvalue weighted by molar-refractivity contribution is 0.131. The van der Waals surface area contributed by atoms with Gasteiger partial charge in [0, 0.05) is 0 Å². The van der Waals surface area contributed by atoms with Crippen molar-refractivity contribution >= 4 is 0 Å². The van der Waals surface area contributed by atoms with E-state index in [2.05, 4.69) is 19.1 Å². The van der Waals surface area contributed by atoms with Crippen molar-refractivity contribution in [2.45, 2.75) is 47.1 Å². The SMILES string of the molecule is CC.Cc1ccc(OC(C)(C)C)cc1. The molecule has 0 amide bonds. The van der Waals surface area contributed by atoms with Gasteiger partial charge < -0.3 is 4.74 Å². The number of hydrogen-bond donors (Lipinski definition) is 0. The fourth-order valence-corrected chi connectivity index (χ4v) is 0.960. The van der Waals surface area contributed by atoms with Crippen LogP contribution < -0.4 is 4.74 Å². The highest BCUT2D eigenvalue weighted by atomic mass is 16.5. The molecule has 80 valence electrons. The molecule has 1 aromatic carbocycles. The Morgan fingerprint density at radius 1 is 0.929 bits per heavy atom. The predicted octanol–water partition coefficient (Wildman–Crippen LogP) is 4.20. The Kier molecular flexibility index (Phi) is 5.29. The highest BCUT2D eigenvalue weighted by molar-refractivity contribution is 5.26. The van der Waals surface area contributed by atoms with E-state index in [-0.39, 0.29) is 5.60 Å². The standard InChI is InChI=1S/C11H16O.C2H6/c1-9-5-7-10(8-6-9)12-11(2,3)4;1-2/h5-8H,1-4H3;1-2H3. The van der Waals surface area contributed by atoms with Gasteiger partial charge in [-0.05, 0) is 39.8 Å². The van der Waals surface area contributed by atoms with E-state index in [1.165, 1.54) is 5.56 Å². The molecule has 0 aliphatic carbocycles. The summed E-state index contributed by atoms with van der Waals surface area (Å²) in [6, 6.07) is 8.11. The van der Waals surface area contributed by atoms with E-state index < -0.39 is 0 Å². The van der Waals surface area contributed by atoms with Crippen LogP contribution in [0, 0.1) is 6.92 Å². The Hall–Kier alpha value is -0.980. The predicted molar refractivity (Wildman–Crippen MR) is 62.9 cm³/mol. The third-order valence-corrected chi connectivity index (χ3v) is 1.45. The second kappa shape index (κ2) is 5.69. The normalized spacial score (nSPS) is 10.1. The smallest absolute Gasteiger partial charge is 0.120 e. The molecule has 0 aliphatic rings. The van der Waals surface area contributed by atoms with Crippen molar-refractivity contribution in [3.8, 4) is 5.75 Å². The highest BCUT2D eigenvalue weighted by Crippen LogP contribution is 2.17. The Bertz CT molecular complexity index is 241. The van der Waals surface area contributed by atoms with E-state index in [4.69, 9.17) is 4.74 Å². The summed E-state index contributed by atoms with van der Waals surface area (Å²) in [5.74, 6) is 0.938. The van der Waals surface area contributed by atoms with Gasteiger partial charge in [0.05, 0.1) is 0 Å². The minimum Gasteiger partial charge on any atom is -0.488 e. The Labute approximate surface area is 88.1 Å². The molecule has 1 aromatic rings. The summed E-state index contributed by atoms with van der Waals surface area (Å²) in [4.78, 5) is 0. The van der Waals surface area contributed by atoms with Crippen molar-refractivity contribution in [1.29, 1.82) is 0 Å². The van der Waals surface area contributed by atoms with Gasteiger partial charge >= 0.3 is 0 Å². The van der Waals surface area contributed by atoms with Gasteiger partial charge in [0.15, 0.2) is 0 Å². The van der Waals surface area contributed by atoms with Crippen LogP contribution in [-0.4, -0.2) is 5.60 Å². The quantitative estimate of drug-likeness (QED) is 0.651. The molecule has 0 saturated carbocycles. The lowest BCUT2D eigenvalue weighted by atomic mass is 10.2. The lowest BCUT2D eigenvalue weighted by Gasteiger charge is -2.21. The van der Waals surface area contributed by atoms with Crippen molar-refractivity contribution in [3.63, 3.8) is 0 Å². The second-order valence-electron chi connectivity index (χ2n) is 4.03. The summed E-state index contributed by atoms with van der Waals surface area (Å²) in [7, 11) is 0. The van der Waals surface area contributed by atoms with Crippen molar-refractivity contribution < 1.29 is 4.74 Å². The summed E-state index contributed by atoms with van der Waals surface area (Å²) < 4.78 is 5.66. The summed E-state index contributed by atoms with van der Waals surface area (Å²) >= 11 is 0. The minimum atomic E-state index is -0.102. The molecule has 14 heavy (non-hydrogen) atoms. The van der Waals surface area contributed by atoms with Gasteiger partial charge in [0.25, 0.3) is 0 Å². The van der Waals surface area contributed by atoms with Crippen molar-refractivity contribution in [2.24, 2.45) is 0 Å². The zero-order valence-corrected chi connectivity index (χ0v) is 10.2. The van der Waals surface area contributed by atoms with E-state index in [0.717, 1.165) is 5.75 Å². The molecule has 0 heterocycles. The van der Waals surface area contributed by atoms with Gasteiger partial charge in [-0.15, -0.1) is 0 Å². The van der Waals surface area contributed by atoms with E-state index in [9.17, 15) is 0 Å². The van der Waals surface area contributed by atoms with Crippen LogP contribution >= 0.6 is 0 Å². The first-order chi connectivity index (χ1) is 6.47. The van der Waals surface area contributed by atoms with E-state index >= 15 is 0 Å². The first-order valence-electron chi connectivity index (χ1n) is 5.23. The molecule has 0 aromatic heterocycles. The molecule has 0 atom stereocenters. The molecule has 0 saturated heterocycles. The fraction of sp³-hybridized carbons (Fsp3) is 0.538. The first-order valence-corrected chi connectivity index (χ1v) is 5.23. The number of hydrogen-bond acceptors (Lipinski definition) is 1. The third-order valence-electron chi connectivity index (χ3n) is 1.45. The molecule has 0 aliphatic heterocycles. The molecule has 1 nitrogen and oxygen atoms in total. The zero-order chi connectivity index (χ0) is 11.2. The molecular weight excluding hydrogens is 172 g/mol. The van der Waals surface area contributed by atoms with Crippen LogP contribution in [0.1, 0.15) is 40.2 Å². The van der Waals surface area contributed by atoms with Gasteiger partial charge in [0.1, 0.15) is 11.4 Å². The molecule has 0 radical (unpaired) electrons. The van der Waals surface area contributed by atoms with Gasteiger partial charge in [-0.3, -0.25) is 0 Å². The summed E-state index contributed by atoms with van der Waals surface area (Å²) in [6.07, 6.45) is 0. The van der Waals surface area contributed by atoms with Crippen LogP contribution in [0.4, 0.5) is 0 Å². The number of ether oxygens (including phenoxy) is 1. The maximum absolute atomic E-state index is 5.66. The summed E-state index contributed by atoms with van der Waals surface area (Å²) in [5, 5.41) is 0. The topological polar surface area (TPSA) is 9.23 Å². The Morgan fingerprint density at radius 3 is 1.71 bits per heavy atom. The minimum absolute atomic E-state index is 0.102. The number of aryl methyl sites for hydroxylation is 1. The molecule has 0 unspecified atom stereocenters. The van der Waals surface area contributed by atoms with Gasteiger partial charge in [-0.2, -0.15) is 0 Å². The van der Waals surface area contributed by atoms with Crippen molar-refractivity contribution in [1.82, 2.24) is 0 Å². The zero-order valence-electron chi connectivity index (χ0n) is 10.2. The Morgan fingerprint density at radius 2 is 1.36 bits per heavy atom. The van der Waals surface area contributed by atoms with Crippen LogP contribution in [0.3, 0.4) is 0 Å². The number of rotatable bonds is 1. The van der Waals surface area contributed by atoms with Gasteiger partial charge in [-0.1, -0.05) is 31.5 Å². The lowest BCUT2D eigenvalue weighted by Crippen LogP contribution is -2.22. The molecule has 1 rings (SSSR count). The molecule has 0 N–H and O–H groups in total. The van der Waals surface area contributed by atoms with Crippen LogP contribution in [0.5, 0.6) is 5.75 Å². The maximum atomic E-state index is 5.66. The second-order valence-corrected chi connectivity index (χ2v) is 4.03. The van der Waals surface area contributed by atoms with Crippen molar-refractivity contribution in [2.75, 3.05) is 0 Å². The third kappa shape index (κ3) is 5.63. The first kappa shape index (κ1) is 13.0. The monoisotopic (exact) mass is 194 g/mol. The summed E-state index contributed by atoms with van der Waals surface area (Å²) in [6.45, 7) is 12.2. The summed E-state index contributed by atoms with van der Waals surface area (Å²) in [5.41, 5.74) is 1.16. The van der Waals surface area contributed by atoms with Gasteiger partial charge in [-0.25, -0.2) is 0 Å². The van der Waals surface area contributed by atoms with Crippen LogP contribution in [0.25, 0.3) is 0 Å². The average molecular weight is 194 g/mol. The molecular formula is C13H22O. The fourth-order valence-electron chi connectivity index (χ4n) is 0.960. The largest absolute Gasteiger partial charge is 0.488 e. The molecule has 0 fully saturated rings. The highest BCUT2D eigenvalue weighted by Gasteiger charge is 2.10. The van der Waals surface area contributed by atoms with Crippen LogP contribution in [0.2, 0.25) is 0 Å². The van der Waals surface area contributed by atoms with Gasteiger partial charge in [0.2, 0.25) is 0 Å². The van der Waals surface area contributed by atoms with Crippen LogP contribution in [-0.2, 0) is 0 Å². The van der Waals surface area contributed by atoms with E-state index in [1.54, 1.807) is 0 Å². The molecule has 1 heteroatoms. The Balaban J connectivity index is 0.000000791. The number of benzene rings is 1. The average Bonchev–Trinajstić information content (AvgIpc) is 2.10. The van der Waals surface area contributed by atoms with E-state index in [0.29, 0.717) is 0 Å². The maximum Gasteiger partial charge on any atom is 0.120 e.